The number of rotatable bonds is 4. The van der Waals surface area contributed by atoms with Gasteiger partial charge in [0.25, 0.3) is 0 Å². The zero-order chi connectivity index (χ0) is 8.91. The minimum atomic E-state index is -0.338. The quantitative estimate of drug-likeness (QED) is 0.643. The molecule has 0 aliphatic carbocycles. The summed E-state index contributed by atoms with van der Waals surface area (Å²) < 4.78 is -0.338. The summed E-state index contributed by atoms with van der Waals surface area (Å²) >= 11 is 1.53. The third kappa shape index (κ3) is 3.62. The van der Waals surface area contributed by atoms with Crippen molar-refractivity contribution in [2.75, 3.05) is 19.3 Å². The van der Waals surface area contributed by atoms with Crippen molar-refractivity contribution >= 4 is 17.7 Å². The van der Waals surface area contributed by atoms with Gasteiger partial charge in [-0.15, -0.1) is 11.8 Å². The number of nitrogens with two attached hydrogens (primary N) is 1. The Morgan fingerprint density at radius 2 is 2.18 bits per heavy atom. The second-order valence-corrected chi connectivity index (χ2v) is 4.19. The SMILES string of the molecule is CSC(C)(C)C(=O)NCCN. The zero-order valence-corrected chi connectivity index (χ0v) is 8.12. The Kier molecular flexibility index (Phi) is 4.52. The monoisotopic (exact) mass is 176 g/mol. The average Bonchev–Trinajstić information content (AvgIpc) is 2.00. The fraction of sp³-hybridized carbons (Fsp3) is 0.857. The smallest absolute Gasteiger partial charge is 0.235 e. The third-order valence-electron chi connectivity index (χ3n) is 1.49. The lowest BCUT2D eigenvalue weighted by Gasteiger charge is -2.20. The fourth-order valence-corrected chi connectivity index (χ4v) is 0.749. The molecule has 0 saturated heterocycles. The highest BCUT2D eigenvalue weighted by atomic mass is 32.2. The van der Waals surface area contributed by atoms with E-state index in [2.05, 4.69) is 5.32 Å². The van der Waals surface area contributed by atoms with Crippen LogP contribution in [0, 0.1) is 0 Å². The molecule has 0 aromatic rings. The van der Waals surface area contributed by atoms with E-state index in [0.717, 1.165) is 0 Å². The van der Waals surface area contributed by atoms with Crippen LogP contribution in [0.3, 0.4) is 0 Å². The molecular formula is C7H16N2OS. The molecule has 1 amide bonds. The zero-order valence-electron chi connectivity index (χ0n) is 7.31. The van der Waals surface area contributed by atoms with Crippen molar-refractivity contribution in [3.8, 4) is 0 Å². The molecule has 0 aromatic carbocycles. The van der Waals surface area contributed by atoms with Gasteiger partial charge in [0.05, 0.1) is 4.75 Å². The van der Waals surface area contributed by atoms with E-state index in [1.54, 1.807) is 0 Å². The van der Waals surface area contributed by atoms with Gasteiger partial charge in [0, 0.05) is 13.1 Å². The molecule has 3 nitrogen and oxygen atoms in total. The van der Waals surface area contributed by atoms with Crippen LogP contribution < -0.4 is 11.1 Å². The van der Waals surface area contributed by atoms with Gasteiger partial charge in [-0.05, 0) is 20.1 Å². The summed E-state index contributed by atoms with van der Waals surface area (Å²) in [6.45, 7) is 4.84. The van der Waals surface area contributed by atoms with Gasteiger partial charge in [-0.25, -0.2) is 0 Å². The van der Waals surface area contributed by atoms with Gasteiger partial charge < -0.3 is 11.1 Å². The molecule has 0 aromatic heterocycles. The highest BCUT2D eigenvalue weighted by Gasteiger charge is 2.25. The second-order valence-electron chi connectivity index (χ2n) is 2.76. The Morgan fingerprint density at radius 3 is 2.55 bits per heavy atom. The largest absolute Gasteiger partial charge is 0.354 e. The van der Waals surface area contributed by atoms with Crippen molar-refractivity contribution in [3.05, 3.63) is 0 Å². The maximum absolute atomic E-state index is 11.3. The number of thioether (sulfide) groups is 1. The van der Waals surface area contributed by atoms with Crippen molar-refractivity contribution in [3.63, 3.8) is 0 Å². The minimum absolute atomic E-state index is 0.0513. The van der Waals surface area contributed by atoms with Gasteiger partial charge >= 0.3 is 0 Å². The first-order valence-corrected chi connectivity index (χ1v) is 4.80. The molecule has 0 aliphatic heterocycles. The van der Waals surface area contributed by atoms with Crippen LogP contribution in [0.1, 0.15) is 13.8 Å². The molecule has 66 valence electrons. The molecule has 0 saturated carbocycles. The van der Waals surface area contributed by atoms with Gasteiger partial charge in [-0.2, -0.15) is 0 Å². The molecule has 0 spiro atoms. The standard InChI is InChI=1S/C7H16N2OS/c1-7(2,11-3)6(10)9-5-4-8/h4-5,8H2,1-3H3,(H,9,10). The van der Waals surface area contributed by atoms with Crippen LogP contribution in [0.25, 0.3) is 0 Å². The average molecular weight is 176 g/mol. The topological polar surface area (TPSA) is 55.1 Å². The van der Waals surface area contributed by atoms with E-state index in [9.17, 15) is 4.79 Å². The van der Waals surface area contributed by atoms with Gasteiger partial charge in [0.15, 0.2) is 0 Å². The van der Waals surface area contributed by atoms with Crippen molar-refractivity contribution in [1.29, 1.82) is 0 Å². The molecule has 0 bridgehead atoms. The molecule has 0 unspecified atom stereocenters. The van der Waals surface area contributed by atoms with Crippen LogP contribution in [0.15, 0.2) is 0 Å². The Morgan fingerprint density at radius 1 is 1.64 bits per heavy atom. The first-order valence-electron chi connectivity index (χ1n) is 3.58. The summed E-state index contributed by atoms with van der Waals surface area (Å²) in [5.41, 5.74) is 5.24. The van der Waals surface area contributed by atoms with Crippen molar-refractivity contribution in [2.45, 2.75) is 18.6 Å². The van der Waals surface area contributed by atoms with E-state index in [1.807, 2.05) is 20.1 Å². The third-order valence-corrected chi connectivity index (χ3v) is 2.69. The first-order chi connectivity index (χ1) is 5.04. The molecule has 11 heavy (non-hydrogen) atoms. The van der Waals surface area contributed by atoms with E-state index in [0.29, 0.717) is 13.1 Å². The molecule has 0 rings (SSSR count). The Hall–Kier alpha value is -0.220. The van der Waals surface area contributed by atoms with Crippen molar-refractivity contribution in [2.24, 2.45) is 5.73 Å². The van der Waals surface area contributed by atoms with Gasteiger partial charge in [-0.3, -0.25) is 4.79 Å². The first kappa shape index (κ1) is 10.8. The van der Waals surface area contributed by atoms with Crippen molar-refractivity contribution in [1.82, 2.24) is 5.32 Å². The normalized spacial score (nSPS) is 11.3. The summed E-state index contributed by atoms with van der Waals surface area (Å²) in [5, 5.41) is 2.74. The molecule has 4 heteroatoms. The summed E-state index contributed by atoms with van der Waals surface area (Å²) in [4.78, 5) is 11.3. The maximum atomic E-state index is 11.3. The Labute approximate surface area is 72.1 Å². The molecule has 0 aliphatic rings. The highest BCUT2D eigenvalue weighted by Crippen LogP contribution is 2.20. The number of nitrogens with one attached hydrogen (secondary N) is 1. The van der Waals surface area contributed by atoms with Crippen LogP contribution in [-0.2, 0) is 4.79 Å². The van der Waals surface area contributed by atoms with Gasteiger partial charge in [0.1, 0.15) is 0 Å². The lowest BCUT2D eigenvalue weighted by Crippen LogP contribution is -2.41. The summed E-state index contributed by atoms with van der Waals surface area (Å²) in [7, 11) is 0. The fourth-order valence-electron chi connectivity index (χ4n) is 0.491. The molecule has 0 fully saturated rings. The van der Waals surface area contributed by atoms with E-state index in [-0.39, 0.29) is 10.7 Å². The Bertz CT molecular complexity index is 136. The van der Waals surface area contributed by atoms with Crippen LogP contribution in [0.5, 0.6) is 0 Å². The summed E-state index contributed by atoms with van der Waals surface area (Å²) in [6.07, 6.45) is 1.92. The lowest BCUT2D eigenvalue weighted by atomic mass is 10.2. The Balaban J connectivity index is 3.82. The maximum Gasteiger partial charge on any atom is 0.235 e. The molecule has 3 N–H and O–H groups in total. The second kappa shape index (κ2) is 4.62. The number of amides is 1. The minimum Gasteiger partial charge on any atom is -0.354 e. The van der Waals surface area contributed by atoms with Crippen LogP contribution in [-0.4, -0.2) is 30.0 Å². The molecule has 0 heterocycles. The van der Waals surface area contributed by atoms with Gasteiger partial charge in [-0.1, -0.05) is 0 Å². The molecular weight excluding hydrogens is 160 g/mol. The van der Waals surface area contributed by atoms with E-state index >= 15 is 0 Å². The number of hydrogen-bond acceptors (Lipinski definition) is 3. The summed E-state index contributed by atoms with van der Waals surface area (Å²) in [5.74, 6) is 0.0513. The molecule has 0 atom stereocenters. The van der Waals surface area contributed by atoms with Crippen LogP contribution in [0.2, 0.25) is 0 Å². The van der Waals surface area contributed by atoms with Crippen LogP contribution >= 0.6 is 11.8 Å². The number of hydrogen-bond donors (Lipinski definition) is 2. The number of carbonyl (C=O) groups is 1. The predicted octanol–water partition coefficient (Wildman–Crippen LogP) is 0.203. The van der Waals surface area contributed by atoms with E-state index in [1.165, 1.54) is 11.8 Å². The number of carbonyl (C=O) groups excluding carboxylic acids is 1. The molecule has 0 radical (unpaired) electrons. The highest BCUT2D eigenvalue weighted by molar-refractivity contribution is 8.00. The van der Waals surface area contributed by atoms with Crippen LogP contribution in [0.4, 0.5) is 0 Å². The summed E-state index contributed by atoms with van der Waals surface area (Å²) in [6, 6.07) is 0. The lowest BCUT2D eigenvalue weighted by molar-refractivity contribution is -0.122. The van der Waals surface area contributed by atoms with E-state index < -0.39 is 0 Å². The van der Waals surface area contributed by atoms with Crippen molar-refractivity contribution < 1.29 is 4.79 Å². The van der Waals surface area contributed by atoms with Gasteiger partial charge in [0.2, 0.25) is 5.91 Å². The predicted molar refractivity (Wildman–Crippen MR) is 49.7 cm³/mol. The van der Waals surface area contributed by atoms with E-state index in [4.69, 9.17) is 5.73 Å².